The lowest BCUT2D eigenvalue weighted by atomic mass is 9.66. The number of carbonyl (C=O) groups is 3. The lowest BCUT2D eigenvalue weighted by molar-refractivity contribution is -0.154. The molecule has 0 aromatic heterocycles. The van der Waals surface area contributed by atoms with E-state index in [1.165, 1.54) is 0 Å². The average Bonchev–Trinajstić information content (AvgIpc) is 3.49. The van der Waals surface area contributed by atoms with Gasteiger partial charge in [-0.3, -0.25) is 14.4 Å². The van der Waals surface area contributed by atoms with Crippen LogP contribution in [0.25, 0.3) is 0 Å². The third-order valence-corrected chi connectivity index (χ3v) is 10.4. The SMILES string of the molecule is C=CCCCCOC(=O)[C@@H]1[C@@H]2CC(C)C3(S2)C(C(=O)N(CC=C)c2ccc(Cl)cc2)N(CCCO)C(=O)[C@H]13. The molecule has 3 heterocycles. The quantitative estimate of drug-likeness (QED) is 0.217. The molecule has 1 aromatic carbocycles. The van der Waals surface area contributed by atoms with Gasteiger partial charge in [0.2, 0.25) is 5.91 Å². The molecule has 4 rings (SSSR count). The molecular weight excluding hydrogens is 524 g/mol. The normalized spacial score (nSPS) is 29.3. The molecule has 2 amide bonds. The summed E-state index contributed by atoms with van der Waals surface area (Å²) in [5.41, 5.74) is 0.661. The van der Waals surface area contributed by atoms with Gasteiger partial charge in [-0.1, -0.05) is 30.7 Å². The van der Waals surface area contributed by atoms with Gasteiger partial charge in [-0.15, -0.1) is 24.9 Å². The molecule has 1 aromatic rings. The number of hydrogen-bond donors (Lipinski definition) is 1. The number of unbranched alkanes of at least 4 members (excludes halogenated alkanes) is 2. The van der Waals surface area contributed by atoms with Gasteiger partial charge in [0.15, 0.2) is 0 Å². The summed E-state index contributed by atoms with van der Waals surface area (Å²) in [6.45, 7) is 10.4. The molecule has 206 valence electrons. The monoisotopic (exact) mass is 560 g/mol. The Hall–Kier alpha value is -2.29. The maximum atomic E-state index is 14.4. The van der Waals surface area contributed by atoms with E-state index in [1.807, 2.05) is 6.08 Å². The van der Waals surface area contributed by atoms with E-state index < -0.39 is 22.6 Å². The highest BCUT2D eigenvalue weighted by atomic mass is 35.5. The van der Waals surface area contributed by atoms with Crippen molar-refractivity contribution in [3.05, 3.63) is 54.6 Å². The van der Waals surface area contributed by atoms with Gasteiger partial charge in [-0.25, -0.2) is 0 Å². The standard InChI is InChI=1S/C29H37ClN2O5S/c1-4-6-7-8-17-37-28(36)23-22-18-19(3)29(38-22)24(23)26(34)32(15-9-16-33)25(29)27(35)31(14-5-2)21-12-10-20(30)11-13-21/h4-5,10-13,19,22-25,33H,1-2,6-9,14-18H2,3H3/t19?,22-,23+,24-,25?,29?/m0/s1. The summed E-state index contributed by atoms with van der Waals surface area (Å²) in [6.07, 6.45) is 7.08. The van der Waals surface area contributed by atoms with Crippen molar-refractivity contribution in [2.45, 2.75) is 55.1 Å². The summed E-state index contributed by atoms with van der Waals surface area (Å²) in [4.78, 5) is 45.1. The predicted octanol–water partition coefficient (Wildman–Crippen LogP) is 4.48. The number of hydrogen-bond acceptors (Lipinski definition) is 6. The minimum Gasteiger partial charge on any atom is -0.465 e. The van der Waals surface area contributed by atoms with Crippen molar-refractivity contribution in [2.75, 3.05) is 31.2 Å². The largest absolute Gasteiger partial charge is 0.465 e. The zero-order valence-corrected chi connectivity index (χ0v) is 23.5. The van der Waals surface area contributed by atoms with Gasteiger partial charge in [0, 0.05) is 35.7 Å². The Morgan fingerprint density at radius 1 is 1.24 bits per heavy atom. The first kappa shape index (κ1) is 28.7. The van der Waals surface area contributed by atoms with Crippen molar-refractivity contribution in [3.63, 3.8) is 0 Å². The first-order valence-electron chi connectivity index (χ1n) is 13.4. The van der Waals surface area contributed by atoms with Crippen LogP contribution >= 0.6 is 23.4 Å². The van der Waals surface area contributed by atoms with Gasteiger partial charge in [-0.2, -0.15) is 0 Å². The Morgan fingerprint density at radius 3 is 2.63 bits per heavy atom. The number of ether oxygens (including phenoxy) is 1. The number of aliphatic hydroxyl groups is 1. The van der Waals surface area contributed by atoms with E-state index in [0.29, 0.717) is 23.7 Å². The molecule has 3 unspecified atom stereocenters. The van der Waals surface area contributed by atoms with Crippen LogP contribution in [0, 0.1) is 17.8 Å². The van der Waals surface area contributed by atoms with Crippen LogP contribution in [0.1, 0.15) is 39.0 Å². The molecule has 3 aliphatic rings. The first-order chi connectivity index (χ1) is 18.3. The molecule has 2 bridgehead atoms. The van der Waals surface area contributed by atoms with E-state index in [2.05, 4.69) is 20.1 Å². The number of allylic oxidation sites excluding steroid dienone is 1. The highest BCUT2D eigenvalue weighted by molar-refractivity contribution is 8.02. The molecule has 38 heavy (non-hydrogen) atoms. The van der Waals surface area contributed by atoms with Crippen LogP contribution in [0.4, 0.5) is 5.69 Å². The van der Waals surface area contributed by atoms with Crippen molar-refractivity contribution >= 4 is 46.8 Å². The Kier molecular flexibility index (Phi) is 9.27. The third kappa shape index (κ3) is 5.03. The predicted molar refractivity (Wildman–Crippen MR) is 151 cm³/mol. The highest BCUT2D eigenvalue weighted by Gasteiger charge is 2.76. The maximum Gasteiger partial charge on any atom is 0.310 e. The van der Waals surface area contributed by atoms with Crippen LogP contribution in [0.2, 0.25) is 5.02 Å². The number of esters is 1. The van der Waals surface area contributed by atoms with Crippen molar-refractivity contribution in [1.82, 2.24) is 4.90 Å². The number of rotatable bonds is 13. The molecule has 0 saturated carbocycles. The third-order valence-electron chi connectivity index (χ3n) is 8.07. The molecule has 0 radical (unpaired) electrons. The van der Waals surface area contributed by atoms with Gasteiger partial charge in [0.05, 0.1) is 23.2 Å². The molecule has 6 atom stereocenters. The molecule has 3 fully saturated rings. The Bertz CT molecular complexity index is 1070. The molecule has 3 aliphatic heterocycles. The van der Waals surface area contributed by atoms with E-state index in [1.54, 1.807) is 51.9 Å². The van der Waals surface area contributed by atoms with Gasteiger partial charge < -0.3 is 19.6 Å². The number of thioether (sulfide) groups is 1. The molecule has 0 aliphatic carbocycles. The summed E-state index contributed by atoms with van der Waals surface area (Å²) in [6, 6.07) is 6.25. The minimum absolute atomic E-state index is 0.0481. The minimum atomic E-state index is -0.766. The average molecular weight is 561 g/mol. The zero-order chi connectivity index (χ0) is 27.4. The maximum absolute atomic E-state index is 14.4. The fraction of sp³-hybridized carbons (Fsp3) is 0.552. The number of halogens is 1. The second kappa shape index (κ2) is 12.3. The van der Waals surface area contributed by atoms with Gasteiger partial charge in [-0.05, 0) is 62.3 Å². The second-order valence-corrected chi connectivity index (χ2v) is 12.3. The smallest absolute Gasteiger partial charge is 0.310 e. The lowest BCUT2D eigenvalue weighted by Gasteiger charge is -2.40. The molecule has 1 N–H and O–H groups in total. The Balaban J connectivity index is 1.68. The summed E-state index contributed by atoms with van der Waals surface area (Å²) in [7, 11) is 0. The number of fused-ring (bicyclic) bond motifs is 1. The van der Waals surface area contributed by atoms with E-state index >= 15 is 0 Å². The summed E-state index contributed by atoms with van der Waals surface area (Å²) < 4.78 is 4.93. The highest BCUT2D eigenvalue weighted by Crippen LogP contribution is 2.68. The number of aliphatic hydroxyl groups excluding tert-OH is 1. The Morgan fingerprint density at radius 2 is 1.97 bits per heavy atom. The van der Waals surface area contributed by atoms with Gasteiger partial charge >= 0.3 is 5.97 Å². The van der Waals surface area contributed by atoms with Crippen molar-refractivity contribution in [2.24, 2.45) is 17.8 Å². The second-order valence-electron chi connectivity index (χ2n) is 10.3. The number of nitrogens with zero attached hydrogens (tertiary/aromatic N) is 2. The van der Waals surface area contributed by atoms with Crippen LogP contribution in [-0.4, -0.2) is 70.1 Å². The van der Waals surface area contributed by atoms with E-state index in [-0.39, 0.29) is 48.6 Å². The molecular formula is C29H37ClN2O5S. The molecule has 1 spiro atoms. The number of carbonyl (C=O) groups excluding carboxylic acids is 3. The fourth-order valence-electron chi connectivity index (χ4n) is 6.43. The van der Waals surface area contributed by atoms with Crippen LogP contribution in [0.5, 0.6) is 0 Å². The van der Waals surface area contributed by atoms with Crippen LogP contribution in [0.3, 0.4) is 0 Å². The van der Waals surface area contributed by atoms with Crippen molar-refractivity contribution in [1.29, 1.82) is 0 Å². The summed E-state index contributed by atoms with van der Waals surface area (Å²) in [5.74, 6) is -1.91. The number of anilines is 1. The zero-order valence-electron chi connectivity index (χ0n) is 21.9. The van der Waals surface area contributed by atoms with Gasteiger partial charge in [0.25, 0.3) is 5.91 Å². The van der Waals surface area contributed by atoms with E-state index in [4.69, 9.17) is 16.3 Å². The molecule has 3 saturated heterocycles. The molecule has 7 nitrogen and oxygen atoms in total. The first-order valence-corrected chi connectivity index (χ1v) is 14.6. The van der Waals surface area contributed by atoms with E-state index in [0.717, 1.165) is 25.7 Å². The summed E-state index contributed by atoms with van der Waals surface area (Å²) >= 11 is 7.72. The molecule has 9 heteroatoms. The van der Waals surface area contributed by atoms with Crippen LogP contribution < -0.4 is 4.90 Å². The summed E-state index contributed by atoms with van der Waals surface area (Å²) in [5, 5.41) is 10.1. The van der Waals surface area contributed by atoms with Crippen LogP contribution in [0.15, 0.2) is 49.6 Å². The van der Waals surface area contributed by atoms with Crippen LogP contribution in [-0.2, 0) is 19.1 Å². The van der Waals surface area contributed by atoms with Crippen molar-refractivity contribution in [3.8, 4) is 0 Å². The fourth-order valence-corrected chi connectivity index (χ4v) is 8.96. The lowest BCUT2D eigenvalue weighted by Crippen LogP contribution is -2.57. The topological polar surface area (TPSA) is 87.2 Å². The number of likely N-dealkylation sites (tertiary alicyclic amines) is 1. The Labute approximate surface area is 234 Å². The number of amides is 2. The van der Waals surface area contributed by atoms with Gasteiger partial charge in [0.1, 0.15) is 6.04 Å². The van der Waals surface area contributed by atoms with Crippen molar-refractivity contribution < 1.29 is 24.2 Å². The number of benzene rings is 1. The van der Waals surface area contributed by atoms with E-state index in [9.17, 15) is 19.5 Å².